The Morgan fingerprint density at radius 2 is 0.625 bits per heavy atom. The Bertz CT molecular complexity index is 1120. The first-order valence-electron chi connectivity index (χ1n) is 11.2. The summed E-state index contributed by atoms with van der Waals surface area (Å²) in [6.07, 6.45) is 3.94. The fourth-order valence-corrected chi connectivity index (χ4v) is 4.96. The van der Waals surface area contributed by atoms with Crippen molar-refractivity contribution in [3.63, 3.8) is 0 Å². The standard InChI is InChI=1S/C30H28P2/c31-19-23-5-9-27-15-25(16-28(27)10-6-23)13-21-1-2-22(4-3-21)14-26-17-29-11-7-24(20-32)8-12-30(29)18-26/h1-12,15-18H,13-14,19-20,31-32H2. The van der Waals surface area contributed by atoms with Crippen LogP contribution in [0, 0.1) is 0 Å². The van der Waals surface area contributed by atoms with Crippen molar-refractivity contribution in [1.29, 1.82) is 0 Å². The van der Waals surface area contributed by atoms with Crippen LogP contribution in [0.15, 0.2) is 97.1 Å². The Kier molecular flexibility index (Phi) is 6.36. The molecule has 0 aliphatic heterocycles. The smallest absolute Gasteiger partial charge is 0.00253 e. The molecule has 32 heavy (non-hydrogen) atoms. The second-order valence-corrected chi connectivity index (χ2v) is 9.43. The lowest BCUT2D eigenvalue weighted by Gasteiger charge is -2.03. The summed E-state index contributed by atoms with van der Waals surface area (Å²) in [5.74, 6) is 0. The molecule has 0 N–H and O–H groups in total. The van der Waals surface area contributed by atoms with Gasteiger partial charge in [0.25, 0.3) is 0 Å². The first-order chi connectivity index (χ1) is 15.7. The second kappa shape index (κ2) is 9.54. The molecule has 0 fully saturated rings. The van der Waals surface area contributed by atoms with E-state index in [1.807, 2.05) is 0 Å². The van der Waals surface area contributed by atoms with E-state index in [-0.39, 0.29) is 0 Å². The minimum Gasteiger partial charge on any atom is -0.133 e. The molecule has 0 spiro atoms. The Labute approximate surface area is 196 Å². The van der Waals surface area contributed by atoms with E-state index < -0.39 is 0 Å². The average Bonchev–Trinajstić information content (AvgIpc) is 3.25. The van der Waals surface area contributed by atoms with Gasteiger partial charge in [-0.3, -0.25) is 0 Å². The number of fused-ring (bicyclic) bond motifs is 2. The lowest BCUT2D eigenvalue weighted by Crippen LogP contribution is -1.89. The van der Waals surface area contributed by atoms with Crippen LogP contribution in [0.4, 0.5) is 0 Å². The molecule has 0 nitrogen and oxygen atoms in total. The molecule has 2 heteroatoms. The lowest BCUT2D eigenvalue weighted by molar-refractivity contribution is 1.16. The van der Waals surface area contributed by atoms with Crippen molar-refractivity contribution in [1.82, 2.24) is 0 Å². The normalized spacial score (nSPS) is 11.3. The maximum absolute atomic E-state index is 2.80. The number of rotatable bonds is 6. The minimum atomic E-state index is 0.976. The first kappa shape index (κ1) is 21.3. The van der Waals surface area contributed by atoms with Gasteiger partial charge in [-0.1, -0.05) is 97.1 Å². The Morgan fingerprint density at radius 3 is 0.906 bits per heavy atom. The van der Waals surface area contributed by atoms with Crippen molar-refractivity contribution < 1.29 is 0 Å². The van der Waals surface area contributed by atoms with Crippen molar-refractivity contribution in [3.8, 4) is 22.3 Å². The van der Waals surface area contributed by atoms with E-state index >= 15 is 0 Å². The third-order valence-corrected chi connectivity index (χ3v) is 7.19. The molecule has 0 aromatic heterocycles. The fourth-order valence-electron chi connectivity index (χ4n) is 4.41. The van der Waals surface area contributed by atoms with Gasteiger partial charge in [-0.2, -0.15) is 0 Å². The summed E-state index contributed by atoms with van der Waals surface area (Å²) in [5, 5.41) is 0. The van der Waals surface area contributed by atoms with E-state index in [1.165, 1.54) is 55.6 Å². The maximum atomic E-state index is 2.80. The summed E-state index contributed by atoms with van der Waals surface area (Å²) in [4.78, 5) is 0. The van der Waals surface area contributed by atoms with E-state index in [1.54, 1.807) is 0 Å². The van der Waals surface area contributed by atoms with Crippen LogP contribution in [0.1, 0.15) is 33.4 Å². The largest absolute Gasteiger partial charge is 0.133 e. The van der Waals surface area contributed by atoms with Crippen molar-refractivity contribution >= 4 is 18.5 Å². The summed E-state index contributed by atoms with van der Waals surface area (Å²) in [7, 11) is 5.60. The third-order valence-electron chi connectivity index (χ3n) is 6.25. The zero-order valence-corrected chi connectivity index (χ0v) is 20.5. The second-order valence-electron chi connectivity index (χ2n) is 8.61. The molecule has 0 amide bonds. The minimum absolute atomic E-state index is 0.976. The lowest BCUT2D eigenvalue weighted by atomic mass is 10.0. The van der Waals surface area contributed by atoms with Gasteiger partial charge in [0, 0.05) is 0 Å². The van der Waals surface area contributed by atoms with Crippen LogP contribution in [-0.2, 0) is 25.2 Å². The number of benzene rings is 1. The van der Waals surface area contributed by atoms with E-state index in [2.05, 4.69) is 116 Å². The number of hydrogen-bond acceptors (Lipinski definition) is 0. The van der Waals surface area contributed by atoms with Gasteiger partial charge in [-0.05, 0) is 80.8 Å². The van der Waals surface area contributed by atoms with Gasteiger partial charge < -0.3 is 0 Å². The Morgan fingerprint density at radius 1 is 0.344 bits per heavy atom. The summed E-state index contributed by atoms with van der Waals surface area (Å²) in [6, 6.07) is 36.3. The molecule has 0 saturated heterocycles. The van der Waals surface area contributed by atoms with E-state index in [0.717, 1.165) is 25.2 Å². The summed E-state index contributed by atoms with van der Waals surface area (Å²) in [6.45, 7) is 0. The third kappa shape index (κ3) is 4.78. The van der Waals surface area contributed by atoms with Gasteiger partial charge >= 0.3 is 0 Å². The summed E-state index contributed by atoms with van der Waals surface area (Å²) < 4.78 is 0. The average molecular weight is 451 g/mol. The molecule has 158 valence electrons. The van der Waals surface area contributed by atoms with Gasteiger partial charge in [0.05, 0.1) is 0 Å². The van der Waals surface area contributed by atoms with Gasteiger partial charge in [-0.15, -0.1) is 18.5 Å². The quantitative estimate of drug-likeness (QED) is 0.231. The highest BCUT2D eigenvalue weighted by Crippen LogP contribution is 2.29. The van der Waals surface area contributed by atoms with E-state index in [0.29, 0.717) is 0 Å². The van der Waals surface area contributed by atoms with Crippen LogP contribution in [0.2, 0.25) is 0 Å². The Balaban J connectivity index is 1.29. The van der Waals surface area contributed by atoms with Crippen LogP contribution >= 0.6 is 18.5 Å². The SMILES string of the molecule is PCc1ccc2cc(Cc3ccc(Cc4cc5ccc(CP)ccc-5c4)cc3)cc-2cc1. The molecule has 1 aromatic rings. The van der Waals surface area contributed by atoms with E-state index in [4.69, 9.17) is 0 Å². The number of hydrogen-bond donors (Lipinski definition) is 0. The highest BCUT2D eigenvalue weighted by atomic mass is 31.0. The summed E-state index contributed by atoms with van der Waals surface area (Å²) in [5.41, 5.74) is 13.5. The molecular formula is C30H28P2. The zero-order chi connectivity index (χ0) is 21.9. The maximum Gasteiger partial charge on any atom is -0.00253 e. The zero-order valence-electron chi connectivity index (χ0n) is 18.2. The molecule has 0 saturated carbocycles. The molecule has 4 aliphatic carbocycles. The predicted octanol–water partition coefficient (Wildman–Crippen LogP) is 7.83. The van der Waals surface area contributed by atoms with Gasteiger partial charge in [0.2, 0.25) is 0 Å². The van der Waals surface area contributed by atoms with Crippen LogP contribution in [0.3, 0.4) is 0 Å². The highest BCUT2D eigenvalue weighted by molar-refractivity contribution is 7.15. The first-order valence-corrected chi connectivity index (χ1v) is 12.8. The Hall–Kier alpha value is -2.52. The molecule has 1 aromatic carbocycles. The topological polar surface area (TPSA) is 0 Å². The fraction of sp³-hybridized carbons (Fsp3) is 0.133. The molecule has 2 unspecified atom stereocenters. The van der Waals surface area contributed by atoms with Gasteiger partial charge in [0.1, 0.15) is 0 Å². The van der Waals surface area contributed by atoms with Crippen LogP contribution in [0.5, 0.6) is 0 Å². The molecule has 4 aliphatic rings. The van der Waals surface area contributed by atoms with Crippen molar-refractivity contribution in [2.24, 2.45) is 0 Å². The molecule has 0 bridgehead atoms. The van der Waals surface area contributed by atoms with Crippen molar-refractivity contribution in [2.75, 3.05) is 0 Å². The summed E-state index contributed by atoms with van der Waals surface area (Å²) >= 11 is 0. The van der Waals surface area contributed by atoms with E-state index in [9.17, 15) is 0 Å². The molecule has 2 atom stereocenters. The molecule has 0 radical (unpaired) electrons. The molecular weight excluding hydrogens is 422 g/mol. The van der Waals surface area contributed by atoms with Gasteiger partial charge in [-0.25, -0.2) is 0 Å². The van der Waals surface area contributed by atoms with Crippen LogP contribution in [-0.4, -0.2) is 0 Å². The van der Waals surface area contributed by atoms with Crippen LogP contribution < -0.4 is 0 Å². The predicted molar refractivity (Wildman–Crippen MR) is 145 cm³/mol. The van der Waals surface area contributed by atoms with Crippen LogP contribution in [0.25, 0.3) is 22.3 Å². The van der Waals surface area contributed by atoms with Gasteiger partial charge in [0.15, 0.2) is 0 Å². The molecule has 5 rings (SSSR count). The van der Waals surface area contributed by atoms with Crippen molar-refractivity contribution in [3.05, 3.63) is 130 Å². The molecule has 0 heterocycles. The monoisotopic (exact) mass is 450 g/mol. The highest BCUT2D eigenvalue weighted by Gasteiger charge is 2.08. The van der Waals surface area contributed by atoms with Crippen molar-refractivity contribution in [2.45, 2.75) is 25.2 Å².